The molecule has 0 saturated heterocycles. The minimum Gasteiger partial charge on any atom is -0.369 e. The third-order valence-electron chi connectivity index (χ3n) is 2.61. The Kier molecular flexibility index (Phi) is 5.52. The van der Waals surface area contributed by atoms with Gasteiger partial charge in [-0.05, 0) is 40.5 Å². The second kappa shape index (κ2) is 7.38. The molecular formula is C14H14BrClN4O. The summed E-state index contributed by atoms with van der Waals surface area (Å²) in [5.74, 6) is 0.741. The van der Waals surface area contributed by atoms with E-state index in [0.717, 1.165) is 17.4 Å². The second-order valence-electron chi connectivity index (χ2n) is 4.30. The minimum atomic E-state index is -0.304. The van der Waals surface area contributed by atoms with Gasteiger partial charge in [-0.25, -0.2) is 9.97 Å². The van der Waals surface area contributed by atoms with Crippen LogP contribution in [0.25, 0.3) is 0 Å². The Morgan fingerprint density at radius 2 is 2.14 bits per heavy atom. The molecule has 0 saturated carbocycles. The third-order valence-corrected chi connectivity index (χ3v) is 3.37. The largest absolute Gasteiger partial charge is 0.369 e. The number of carbonyl (C=O) groups excluding carboxylic acids is 1. The summed E-state index contributed by atoms with van der Waals surface area (Å²) >= 11 is 9.39. The van der Waals surface area contributed by atoms with Crippen LogP contribution in [-0.2, 0) is 0 Å². The maximum atomic E-state index is 12.1. The summed E-state index contributed by atoms with van der Waals surface area (Å²) in [4.78, 5) is 20.3. The molecule has 0 aromatic carbocycles. The van der Waals surface area contributed by atoms with Crippen LogP contribution in [0.1, 0.15) is 23.7 Å². The molecule has 2 heterocycles. The number of pyridine rings is 2. The van der Waals surface area contributed by atoms with Gasteiger partial charge in [0.25, 0.3) is 5.91 Å². The van der Waals surface area contributed by atoms with Crippen LogP contribution >= 0.6 is 27.5 Å². The number of rotatable bonds is 5. The van der Waals surface area contributed by atoms with Gasteiger partial charge < -0.3 is 10.6 Å². The van der Waals surface area contributed by atoms with Crippen LogP contribution in [0.2, 0.25) is 5.02 Å². The molecule has 1 amide bonds. The van der Waals surface area contributed by atoms with E-state index in [1.807, 2.05) is 6.92 Å². The summed E-state index contributed by atoms with van der Waals surface area (Å²) in [5.41, 5.74) is 0.381. The predicted octanol–water partition coefficient (Wildman–Crippen LogP) is 3.97. The van der Waals surface area contributed by atoms with Gasteiger partial charge in [0.2, 0.25) is 0 Å². The third kappa shape index (κ3) is 4.41. The zero-order chi connectivity index (χ0) is 15.2. The first-order valence-electron chi connectivity index (χ1n) is 6.42. The van der Waals surface area contributed by atoms with Crippen molar-refractivity contribution in [3.05, 3.63) is 45.7 Å². The average Bonchev–Trinajstić information content (AvgIpc) is 2.48. The van der Waals surface area contributed by atoms with Crippen molar-refractivity contribution in [2.45, 2.75) is 13.3 Å². The van der Waals surface area contributed by atoms with Gasteiger partial charge in [0.05, 0.1) is 10.6 Å². The van der Waals surface area contributed by atoms with Crippen LogP contribution in [0.4, 0.5) is 11.6 Å². The van der Waals surface area contributed by atoms with Crippen molar-refractivity contribution in [2.24, 2.45) is 0 Å². The Bertz CT molecular complexity index is 633. The molecule has 21 heavy (non-hydrogen) atoms. The van der Waals surface area contributed by atoms with E-state index in [-0.39, 0.29) is 5.91 Å². The molecule has 0 bridgehead atoms. The Hall–Kier alpha value is -1.66. The summed E-state index contributed by atoms with van der Waals surface area (Å²) in [6.45, 7) is 2.83. The molecule has 5 nitrogen and oxygen atoms in total. The monoisotopic (exact) mass is 368 g/mol. The summed E-state index contributed by atoms with van der Waals surface area (Å²) in [7, 11) is 0. The summed E-state index contributed by atoms with van der Waals surface area (Å²) in [6.07, 6.45) is 4.06. The molecule has 0 aliphatic carbocycles. The summed E-state index contributed by atoms with van der Waals surface area (Å²) in [5, 5.41) is 6.19. The molecule has 0 fully saturated rings. The lowest BCUT2D eigenvalue weighted by Gasteiger charge is -2.08. The first-order valence-corrected chi connectivity index (χ1v) is 7.59. The molecular weight excluding hydrogens is 356 g/mol. The van der Waals surface area contributed by atoms with Gasteiger partial charge in [-0.2, -0.15) is 0 Å². The molecule has 0 unspecified atom stereocenters. The number of aromatic nitrogens is 2. The normalized spacial score (nSPS) is 10.2. The Balaban J connectivity index is 2.08. The quantitative estimate of drug-likeness (QED) is 0.837. The maximum absolute atomic E-state index is 12.1. The molecule has 110 valence electrons. The van der Waals surface area contributed by atoms with Gasteiger partial charge in [-0.3, -0.25) is 4.79 Å². The molecule has 0 aliphatic heterocycles. The lowest BCUT2D eigenvalue weighted by Crippen LogP contribution is -2.14. The number of nitrogens with zero attached hydrogens (tertiary/aromatic N) is 2. The molecule has 7 heteroatoms. The highest BCUT2D eigenvalue weighted by molar-refractivity contribution is 9.10. The first kappa shape index (κ1) is 15.7. The number of hydrogen-bond acceptors (Lipinski definition) is 4. The Morgan fingerprint density at radius 3 is 2.76 bits per heavy atom. The van der Waals surface area contributed by atoms with Crippen molar-refractivity contribution in [3.63, 3.8) is 0 Å². The number of hydrogen-bond donors (Lipinski definition) is 2. The number of amides is 1. The SMILES string of the molecule is CCCNc1ncc(C(=O)Nc2ccc(Br)cn2)cc1Cl. The Morgan fingerprint density at radius 1 is 1.33 bits per heavy atom. The zero-order valence-corrected chi connectivity index (χ0v) is 13.7. The molecule has 0 aliphatic rings. The molecule has 2 aromatic rings. The van der Waals surface area contributed by atoms with Gasteiger partial charge in [-0.1, -0.05) is 18.5 Å². The van der Waals surface area contributed by atoms with Gasteiger partial charge in [0, 0.05) is 23.4 Å². The molecule has 0 radical (unpaired) electrons. The van der Waals surface area contributed by atoms with Crippen LogP contribution in [0.5, 0.6) is 0 Å². The highest BCUT2D eigenvalue weighted by atomic mass is 79.9. The molecule has 0 spiro atoms. The number of carbonyl (C=O) groups is 1. The standard InChI is InChI=1S/C14H14BrClN4O/c1-2-5-17-13-11(16)6-9(7-19-13)14(21)20-12-4-3-10(15)8-18-12/h3-4,6-8H,2,5H2,1H3,(H,17,19)(H,18,20,21). The van der Waals surface area contributed by atoms with Crippen molar-refractivity contribution in [1.29, 1.82) is 0 Å². The van der Waals surface area contributed by atoms with Crippen LogP contribution in [0.15, 0.2) is 35.1 Å². The number of anilines is 2. The fourth-order valence-corrected chi connectivity index (χ4v) is 2.04. The van der Waals surface area contributed by atoms with E-state index in [0.29, 0.717) is 22.2 Å². The van der Waals surface area contributed by atoms with Crippen LogP contribution < -0.4 is 10.6 Å². The lowest BCUT2D eigenvalue weighted by molar-refractivity contribution is 0.102. The van der Waals surface area contributed by atoms with Gasteiger partial charge >= 0.3 is 0 Å². The van der Waals surface area contributed by atoms with Crippen molar-refractivity contribution in [1.82, 2.24) is 9.97 Å². The molecule has 0 atom stereocenters. The van der Waals surface area contributed by atoms with Crippen molar-refractivity contribution < 1.29 is 4.79 Å². The van der Waals surface area contributed by atoms with Gasteiger partial charge in [0.1, 0.15) is 11.6 Å². The van der Waals surface area contributed by atoms with E-state index in [4.69, 9.17) is 11.6 Å². The predicted molar refractivity (Wildman–Crippen MR) is 87.9 cm³/mol. The fourth-order valence-electron chi connectivity index (χ4n) is 1.57. The molecule has 2 rings (SSSR count). The van der Waals surface area contributed by atoms with E-state index >= 15 is 0 Å². The van der Waals surface area contributed by atoms with E-state index in [9.17, 15) is 4.79 Å². The molecule has 2 aromatic heterocycles. The van der Waals surface area contributed by atoms with E-state index in [1.165, 1.54) is 6.20 Å². The topological polar surface area (TPSA) is 66.9 Å². The van der Waals surface area contributed by atoms with Crippen molar-refractivity contribution in [2.75, 3.05) is 17.2 Å². The maximum Gasteiger partial charge on any atom is 0.258 e. The highest BCUT2D eigenvalue weighted by Gasteiger charge is 2.10. The van der Waals surface area contributed by atoms with Gasteiger partial charge in [-0.15, -0.1) is 0 Å². The first-order chi connectivity index (χ1) is 10.1. The average molecular weight is 370 g/mol. The summed E-state index contributed by atoms with van der Waals surface area (Å²) in [6, 6.07) is 5.08. The smallest absolute Gasteiger partial charge is 0.258 e. The Labute approximate surface area is 136 Å². The van der Waals surface area contributed by atoms with Crippen molar-refractivity contribution >= 4 is 45.1 Å². The number of halogens is 2. The van der Waals surface area contributed by atoms with Crippen molar-refractivity contribution in [3.8, 4) is 0 Å². The van der Waals surface area contributed by atoms with E-state index < -0.39 is 0 Å². The van der Waals surface area contributed by atoms with Crippen LogP contribution in [0.3, 0.4) is 0 Å². The highest BCUT2D eigenvalue weighted by Crippen LogP contribution is 2.20. The van der Waals surface area contributed by atoms with E-state index in [1.54, 1.807) is 24.4 Å². The van der Waals surface area contributed by atoms with E-state index in [2.05, 4.69) is 36.5 Å². The number of nitrogens with one attached hydrogen (secondary N) is 2. The summed E-state index contributed by atoms with van der Waals surface area (Å²) < 4.78 is 0.844. The van der Waals surface area contributed by atoms with Crippen LogP contribution in [0, 0.1) is 0 Å². The fraction of sp³-hybridized carbons (Fsp3) is 0.214. The van der Waals surface area contributed by atoms with Crippen LogP contribution in [-0.4, -0.2) is 22.4 Å². The lowest BCUT2D eigenvalue weighted by atomic mass is 10.2. The molecule has 2 N–H and O–H groups in total. The second-order valence-corrected chi connectivity index (χ2v) is 5.62. The zero-order valence-electron chi connectivity index (χ0n) is 11.4. The minimum absolute atomic E-state index is 0.304. The van der Waals surface area contributed by atoms with Gasteiger partial charge in [0.15, 0.2) is 0 Å².